The van der Waals surface area contributed by atoms with Crippen molar-refractivity contribution in [2.45, 2.75) is 70.4 Å². The topological polar surface area (TPSA) is 95.7 Å². The van der Waals surface area contributed by atoms with Gasteiger partial charge in [0.25, 0.3) is 0 Å². The van der Waals surface area contributed by atoms with Gasteiger partial charge in [0.1, 0.15) is 6.04 Å². The number of nitrogens with one attached hydrogen (secondary N) is 1. The van der Waals surface area contributed by atoms with Gasteiger partial charge in [-0.15, -0.1) is 0 Å². The van der Waals surface area contributed by atoms with Crippen molar-refractivity contribution in [1.29, 1.82) is 0 Å². The number of carboxylic acid groups (broad SMARTS) is 1. The number of carboxylic acids is 1. The molecular formula is C18H27N3O4. The van der Waals surface area contributed by atoms with Gasteiger partial charge in [0.15, 0.2) is 0 Å². The Bertz CT molecular complexity index is 649. The lowest BCUT2D eigenvalue weighted by atomic mass is 9.85. The van der Waals surface area contributed by atoms with Crippen molar-refractivity contribution >= 4 is 17.8 Å². The molecule has 1 aromatic heterocycles. The van der Waals surface area contributed by atoms with E-state index in [9.17, 15) is 14.7 Å². The van der Waals surface area contributed by atoms with Crippen LogP contribution in [0.4, 0.5) is 5.88 Å². The van der Waals surface area contributed by atoms with Crippen LogP contribution < -0.4 is 5.32 Å². The van der Waals surface area contributed by atoms with Gasteiger partial charge < -0.3 is 9.63 Å². The second kappa shape index (κ2) is 6.78. The maximum atomic E-state index is 12.4. The Labute approximate surface area is 147 Å². The Kier molecular flexibility index (Phi) is 4.86. The van der Waals surface area contributed by atoms with E-state index in [1.165, 1.54) is 0 Å². The minimum absolute atomic E-state index is 0.0731. The average molecular weight is 349 g/mol. The van der Waals surface area contributed by atoms with Crippen LogP contribution in [0.15, 0.2) is 10.6 Å². The van der Waals surface area contributed by atoms with Crippen LogP contribution >= 0.6 is 0 Å². The summed E-state index contributed by atoms with van der Waals surface area (Å²) in [5, 5.41) is 16.2. The number of aliphatic carboxylic acids is 1. The number of aromatic nitrogens is 1. The van der Waals surface area contributed by atoms with Crippen LogP contribution in [-0.4, -0.2) is 45.7 Å². The molecule has 2 N–H and O–H groups in total. The molecule has 1 saturated heterocycles. The Balaban J connectivity index is 1.66. The van der Waals surface area contributed by atoms with Crippen LogP contribution in [0.3, 0.4) is 0 Å². The molecule has 2 heterocycles. The van der Waals surface area contributed by atoms with Gasteiger partial charge >= 0.3 is 5.97 Å². The van der Waals surface area contributed by atoms with Crippen molar-refractivity contribution in [2.24, 2.45) is 5.92 Å². The first kappa shape index (κ1) is 17.9. The molecule has 1 saturated carbocycles. The molecule has 0 bridgehead atoms. The van der Waals surface area contributed by atoms with Crippen molar-refractivity contribution in [3.63, 3.8) is 0 Å². The van der Waals surface area contributed by atoms with Crippen LogP contribution in [0.5, 0.6) is 0 Å². The summed E-state index contributed by atoms with van der Waals surface area (Å²) in [4.78, 5) is 25.9. The molecule has 1 aliphatic heterocycles. The maximum Gasteiger partial charge on any atom is 0.320 e. The molecule has 1 aromatic rings. The van der Waals surface area contributed by atoms with Crippen LogP contribution in [-0.2, 0) is 15.0 Å². The van der Waals surface area contributed by atoms with Gasteiger partial charge in [-0.1, -0.05) is 38.8 Å². The summed E-state index contributed by atoms with van der Waals surface area (Å²) >= 11 is 0. The summed E-state index contributed by atoms with van der Waals surface area (Å²) in [5.41, 5.74) is 0.602. The lowest BCUT2D eigenvalue weighted by Crippen LogP contribution is -2.46. The van der Waals surface area contributed by atoms with Crippen molar-refractivity contribution in [1.82, 2.24) is 10.1 Å². The number of hydrogen-bond acceptors (Lipinski definition) is 5. The van der Waals surface area contributed by atoms with E-state index in [1.807, 2.05) is 25.7 Å². The van der Waals surface area contributed by atoms with E-state index in [0.717, 1.165) is 31.4 Å². The molecule has 0 aromatic carbocycles. The number of likely N-dealkylation sites (tertiary alicyclic amines) is 1. The van der Waals surface area contributed by atoms with Gasteiger partial charge in [-0.05, 0) is 25.2 Å². The fourth-order valence-corrected chi connectivity index (χ4v) is 4.05. The van der Waals surface area contributed by atoms with Crippen LogP contribution in [0.2, 0.25) is 0 Å². The number of hydrogen-bond donors (Lipinski definition) is 2. The molecule has 25 heavy (non-hydrogen) atoms. The predicted molar refractivity (Wildman–Crippen MR) is 92.3 cm³/mol. The number of carbonyl (C=O) groups excluding carboxylic acids is 1. The first-order valence-corrected chi connectivity index (χ1v) is 9.01. The van der Waals surface area contributed by atoms with Gasteiger partial charge in [0.05, 0.1) is 12.2 Å². The van der Waals surface area contributed by atoms with E-state index in [0.29, 0.717) is 18.2 Å². The molecule has 0 radical (unpaired) electrons. The highest BCUT2D eigenvalue weighted by atomic mass is 16.5. The van der Waals surface area contributed by atoms with Gasteiger partial charge in [-0.3, -0.25) is 19.8 Å². The minimum Gasteiger partial charge on any atom is -0.480 e. The number of rotatable bonds is 4. The zero-order chi connectivity index (χ0) is 18.2. The molecule has 138 valence electrons. The van der Waals surface area contributed by atoms with Gasteiger partial charge in [0.2, 0.25) is 11.8 Å². The van der Waals surface area contributed by atoms with E-state index in [-0.39, 0.29) is 23.9 Å². The highest BCUT2D eigenvalue weighted by molar-refractivity contribution is 5.91. The minimum atomic E-state index is -0.836. The second-order valence-electron chi connectivity index (χ2n) is 8.25. The Morgan fingerprint density at radius 1 is 1.36 bits per heavy atom. The molecule has 0 unspecified atom stereocenters. The summed E-state index contributed by atoms with van der Waals surface area (Å²) in [6.07, 6.45) is 4.93. The van der Waals surface area contributed by atoms with E-state index >= 15 is 0 Å². The highest BCUT2D eigenvalue weighted by Gasteiger charge is 2.45. The normalized spacial score (nSPS) is 27.1. The molecule has 7 nitrogen and oxygen atoms in total. The van der Waals surface area contributed by atoms with Crippen molar-refractivity contribution in [2.75, 3.05) is 11.9 Å². The average Bonchev–Trinajstić information content (AvgIpc) is 3.12. The standard InChI is InChI=1S/C18H27N3O4/c1-18(2,3)14-9-16(25-20-14)19-15(22)10-21-12-7-5-4-6-11(12)8-13(21)17(23)24/h9,11-13H,4-8,10H2,1-3H3,(H,19,22)(H,23,24)/t11-,12-,13-/m0/s1. The number of anilines is 1. The van der Waals surface area contributed by atoms with Crippen molar-refractivity contribution in [3.05, 3.63) is 11.8 Å². The maximum absolute atomic E-state index is 12.4. The van der Waals surface area contributed by atoms with Crippen molar-refractivity contribution in [3.8, 4) is 0 Å². The summed E-state index contributed by atoms with van der Waals surface area (Å²) in [6, 6.07) is 1.35. The highest BCUT2D eigenvalue weighted by Crippen LogP contribution is 2.39. The quantitative estimate of drug-likeness (QED) is 0.867. The summed E-state index contributed by atoms with van der Waals surface area (Å²) in [7, 11) is 0. The molecule has 3 atom stereocenters. The lowest BCUT2D eigenvalue weighted by molar-refractivity contribution is -0.143. The SMILES string of the molecule is CC(C)(C)c1cc(NC(=O)CN2[C@H](C(=O)O)C[C@@H]3CCCC[C@@H]32)on1. The molecule has 2 fully saturated rings. The largest absolute Gasteiger partial charge is 0.480 e. The first-order chi connectivity index (χ1) is 11.8. The predicted octanol–water partition coefficient (Wildman–Crippen LogP) is 2.63. The summed E-state index contributed by atoms with van der Waals surface area (Å²) in [5.74, 6) is -0.396. The summed E-state index contributed by atoms with van der Waals surface area (Å²) in [6.45, 7) is 6.12. The monoisotopic (exact) mass is 349 g/mol. The fraction of sp³-hybridized carbons (Fsp3) is 0.722. The second-order valence-corrected chi connectivity index (χ2v) is 8.25. The number of amides is 1. The number of fused-ring (bicyclic) bond motifs is 1. The zero-order valence-corrected chi connectivity index (χ0v) is 15.1. The number of carbonyl (C=O) groups is 2. The first-order valence-electron chi connectivity index (χ1n) is 9.01. The molecule has 3 rings (SSSR count). The van der Waals surface area contributed by atoms with Gasteiger partial charge in [-0.25, -0.2) is 0 Å². The zero-order valence-electron chi connectivity index (χ0n) is 15.1. The Hall–Kier alpha value is -1.89. The van der Waals surface area contributed by atoms with E-state index in [2.05, 4.69) is 10.5 Å². The third kappa shape index (κ3) is 3.86. The van der Waals surface area contributed by atoms with Crippen molar-refractivity contribution < 1.29 is 19.2 Å². The third-order valence-corrected chi connectivity index (χ3v) is 5.37. The Morgan fingerprint density at radius 3 is 2.72 bits per heavy atom. The molecule has 1 amide bonds. The molecule has 0 spiro atoms. The fourth-order valence-electron chi connectivity index (χ4n) is 4.05. The van der Waals surface area contributed by atoms with E-state index < -0.39 is 12.0 Å². The molecule has 2 aliphatic rings. The number of nitrogens with zero attached hydrogens (tertiary/aromatic N) is 2. The lowest BCUT2D eigenvalue weighted by Gasteiger charge is -2.32. The van der Waals surface area contributed by atoms with E-state index in [4.69, 9.17) is 4.52 Å². The summed E-state index contributed by atoms with van der Waals surface area (Å²) < 4.78 is 5.19. The van der Waals surface area contributed by atoms with Crippen LogP contribution in [0.1, 0.15) is 58.6 Å². The molecule has 7 heteroatoms. The Morgan fingerprint density at radius 2 is 2.08 bits per heavy atom. The molecule has 1 aliphatic carbocycles. The van der Waals surface area contributed by atoms with Crippen LogP contribution in [0, 0.1) is 5.92 Å². The van der Waals surface area contributed by atoms with Crippen LogP contribution in [0.25, 0.3) is 0 Å². The molecular weight excluding hydrogens is 322 g/mol. The third-order valence-electron chi connectivity index (χ3n) is 5.37. The van der Waals surface area contributed by atoms with Gasteiger partial charge in [0, 0.05) is 17.5 Å². The smallest absolute Gasteiger partial charge is 0.320 e. The van der Waals surface area contributed by atoms with Gasteiger partial charge in [-0.2, -0.15) is 0 Å². The van der Waals surface area contributed by atoms with E-state index in [1.54, 1.807) is 6.07 Å².